The Bertz CT molecular complexity index is 1120. The van der Waals surface area contributed by atoms with Crippen LogP contribution in [0.4, 0.5) is 22.0 Å². The second-order valence-electron chi connectivity index (χ2n) is 11.3. The van der Waals surface area contributed by atoms with Crippen molar-refractivity contribution < 1.29 is 31.6 Å². The first kappa shape index (κ1) is 34.4. The van der Waals surface area contributed by atoms with Crippen molar-refractivity contribution in [2.75, 3.05) is 31.6 Å². The number of aromatic hydroxyl groups is 1. The van der Waals surface area contributed by atoms with Gasteiger partial charge in [0.1, 0.15) is 17.3 Å². The van der Waals surface area contributed by atoms with Crippen molar-refractivity contribution >= 4 is 22.3 Å². The molecule has 0 radical (unpaired) electrons. The molecule has 1 unspecified atom stereocenters. The van der Waals surface area contributed by atoms with Gasteiger partial charge in [0.25, 0.3) is 0 Å². The van der Waals surface area contributed by atoms with Crippen LogP contribution in [0.5, 0.6) is 5.75 Å². The minimum Gasteiger partial charge on any atom is -0.616 e. The summed E-state index contributed by atoms with van der Waals surface area (Å²) in [5, 5.41) is 10.0. The summed E-state index contributed by atoms with van der Waals surface area (Å²) in [6.07, 6.45) is 2.68. The Morgan fingerprint density at radius 2 is 1.50 bits per heavy atom. The first-order valence-corrected chi connectivity index (χ1v) is 16.5. The van der Waals surface area contributed by atoms with Gasteiger partial charge in [-0.3, -0.25) is 0 Å². The van der Waals surface area contributed by atoms with Gasteiger partial charge in [-0.05, 0) is 118 Å². The summed E-state index contributed by atoms with van der Waals surface area (Å²) < 4.78 is 74.5. The molecular weight excluding hydrogens is 569 g/mol. The zero-order valence-electron chi connectivity index (χ0n) is 24.5. The van der Waals surface area contributed by atoms with Gasteiger partial charge in [0.15, 0.2) is 0 Å². The van der Waals surface area contributed by atoms with Gasteiger partial charge < -0.3 is 14.6 Å². The van der Waals surface area contributed by atoms with Crippen molar-refractivity contribution in [1.29, 1.82) is 0 Å². The van der Waals surface area contributed by atoms with E-state index in [0.29, 0.717) is 17.9 Å². The number of nitrogens with zero attached hydrogens (tertiary/aromatic N) is 1. The predicted molar refractivity (Wildman–Crippen MR) is 162 cm³/mol. The van der Waals surface area contributed by atoms with Gasteiger partial charge >= 0.3 is 12.1 Å². The summed E-state index contributed by atoms with van der Waals surface area (Å²) in [4.78, 5) is 2.23. The van der Waals surface area contributed by atoms with Crippen molar-refractivity contribution in [1.82, 2.24) is 4.90 Å². The van der Waals surface area contributed by atoms with Crippen LogP contribution in [0.3, 0.4) is 0 Å². The normalized spacial score (nSPS) is 15.1. The number of hydrogen-bond donors (Lipinski definition) is 1. The number of allylic oxidation sites excluding steroid dienone is 2. The maximum atomic E-state index is 13.0. The molecule has 0 saturated heterocycles. The Hall–Kier alpha value is -2.10. The second-order valence-corrected chi connectivity index (χ2v) is 13.0. The van der Waals surface area contributed by atoms with E-state index in [9.17, 15) is 31.6 Å². The highest BCUT2D eigenvalue weighted by Crippen LogP contribution is 2.40. The molecule has 2 aromatic rings. The number of phenols is 1. The zero-order valence-corrected chi connectivity index (χ0v) is 25.3. The van der Waals surface area contributed by atoms with E-state index < -0.39 is 36.1 Å². The maximum absolute atomic E-state index is 13.0. The Morgan fingerprint density at radius 3 is 2.21 bits per heavy atom. The van der Waals surface area contributed by atoms with Crippen LogP contribution >= 0.6 is 0 Å². The number of unbranched alkanes of at least 4 members (excludes halogenated alkanes) is 4. The largest absolute Gasteiger partial charge is 0.616 e. The number of hydrogen-bond acceptors (Lipinski definition) is 3. The molecule has 0 aliphatic heterocycles. The Kier molecular flexibility index (Phi) is 13.6. The Balaban J connectivity index is 1.34. The van der Waals surface area contributed by atoms with E-state index in [1.54, 1.807) is 6.07 Å². The van der Waals surface area contributed by atoms with Gasteiger partial charge in [0.2, 0.25) is 0 Å². The van der Waals surface area contributed by atoms with Crippen LogP contribution in [0, 0.1) is 0 Å². The Morgan fingerprint density at radius 1 is 0.833 bits per heavy atom. The molecule has 1 atom stereocenters. The molecule has 0 bridgehead atoms. The molecule has 0 heterocycles. The quantitative estimate of drug-likeness (QED) is 0.110. The van der Waals surface area contributed by atoms with E-state index in [1.807, 2.05) is 19.2 Å². The summed E-state index contributed by atoms with van der Waals surface area (Å²) in [6.45, 7) is 1.79. The number of halogens is 5. The van der Waals surface area contributed by atoms with Crippen LogP contribution in [0.1, 0.15) is 87.3 Å². The lowest BCUT2D eigenvalue weighted by Crippen LogP contribution is -2.36. The molecule has 3 rings (SSSR count). The standard InChI is InChI=1S/C33H44F5NO2S/c1-39(22-9-10-23-42(41)24-12-20-32(34,35)33(36,37)38)21-8-3-2-7-16-31-29(26-13-5-4-6-14-26)17-11-15-27-25-28(40)18-19-30(27)31/h4-6,13-14,18-19,25,40H,2-3,7-12,15-17,20-24H2,1H3. The molecule has 2 aromatic carbocycles. The SMILES string of the molecule is CN(CCCCCCC1=C(c2ccccc2)CCCc2cc(O)ccc21)CCCC[S+]([O-])CCCC(F)(F)C(F)(F)F. The van der Waals surface area contributed by atoms with E-state index in [2.05, 4.69) is 35.2 Å². The van der Waals surface area contributed by atoms with E-state index in [-0.39, 0.29) is 5.75 Å². The molecule has 234 valence electrons. The fourth-order valence-corrected chi connectivity index (χ4v) is 6.78. The van der Waals surface area contributed by atoms with Crippen LogP contribution in [0.15, 0.2) is 48.5 Å². The lowest BCUT2D eigenvalue weighted by atomic mass is 9.89. The number of phenolic OH excluding ortho intramolecular Hbond substituents is 1. The molecule has 1 aliphatic carbocycles. The molecule has 0 amide bonds. The molecular formula is C33H44F5NO2S. The first-order chi connectivity index (χ1) is 20.0. The number of alkyl halides is 5. The lowest BCUT2D eigenvalue weighted by Gasteiger charge is -2.20. The van der Waals surface area contributed by atoms with Gasteiger partial charge in [-0.25, -0.2) is 0 Å². The van der Waals surface area contributed by atoms with Crippen molar-refractivity contribution in [3.8, 4) is 5.75 Å². The summed E-state index contributed by atoms with van der Waals surface area (Å²) in [5.41, 5.74) is 6.59. The lowest BCUT2D eigenvalue weighted by molar-refractivity contribution is -0.284. The smallest absolute Gasteiger partial charge is 0.453 e. The molecule has 0 aromatic heterocycles. The average molecular weight is 614 g/mol. The van der Waals surface area contributed by atoms with E-state index in [0.717, 1.165) is 70.9 Å². The van der Waals surface area contributed by atoms with Gasteiger partial charge in [0, 0.05) is 6.42 Å². The zero-order chi connectivity index (χ0) is 30.6. The summed E-state index contributed by atoms with van der Waals surface area (Å²) in [6, 6.07) is 16.4. The highest BCUT2D eigenvalue weighted by atomic mass is 32.2. The van der Waals surface area contributed by atoms with Crippen LogP contribution in [0.25, 0.3) is 11.1 Å². The van der Waals surface area contributed by atoms with Gasteiger partial charge in [-0.1, -0.05) is 60.4 Å². The third-order valence-electron chi connectivity index (χ3n) is 7.93. The van der Waals surface area contributed by atoms with E-state index in [1.165, 1.54) is 27.8 Å². The van der Waals surface area contributed by atoms with Gasteiger partial charge in [0.05, 0.1) is 0 Å². The second kappa shape index (κ2) is 16.7. The number of benzene rings is 2. The molecule has 1 aliphatic rings. The van der Waals surface area contributed by atoms with Crippen LogP contribution in [0.2, 0.25) is 0 Å². The van der Waals surface area contributed by atoms with Crippen LogP contribution in [-0.4, -0.2) is 58.3 Å². The highest BCUT2D eigenvalue weighted by molar-refractivity contribution is 7.91. The summed E-state index contributed by atoms with van der Waals surface area (Å²) >= 11 is -1.37. The molecule has 0 saturated carbocycles. The molecule has 3 nitrogen and oxygen atoms in total. The molecule has 42 heavy (non-hydrogen) atoms. The fourth-order valence-electron chi connectivity index (χ4n) is 5.59. The third kappa shape index (κ3) is 10.9. The molecule has 9 heteroatoms. The van der Waals surface area contributed by atoms with Crippen LogP contribution < -0.4 is 0 Å². The number of rotatable bonds is 17. The fraction of sp³-hybridized carbons (Fsp3) is 0.576. The number of aryl methyl sites for hydroxylation is 1. The Labute approximate surface area is 250 Å². The minimum absolute atomic E-state index is 0.126. The summed E-state index contributed by atoms with van der Waals surface area (Å²) in [5.74, 6) is -4.19. The van der Waals surface area contributed by atoms with Crippen molar-refractivity contribution in [2.45, 2.75) is 89.1 Å². The van der Waals surface area contributed by atoms with Crippen LogP contribution in [-0.2, 0) is 17.6 Å². The van der Waals surface area contributed by atoms with Crippen molar-refractivity contribution in [2.24, 2.45) is 0 Å². The van der Waals surface area contributed by atoms with Gasteiger partial charge in [-0.2, -0.15) is 22.0 Å². The first-order valence-electron chi connectivity index (χ1n) is 15.1. The third-order valence-corrected chi connectivity index (χ3v) is 9.42. The summed E-state index contributed by atoms with van der Waals surface area (Å²) in [7, 11) is 2.05. The molecule has 0 fully saturated rings. The predicted octanol–water partition coefficient (Wildman–Crippen LogP) is 9.03. The minimum atomic E-state index is -5.55. The van der Waals surface area contributed by atoms with Crippen molar-refractivity contribution in [3.63, 3.8) is 0 Å². The highest BCUT2D eigenvalue weighted by Gasteiger charge is 2.56. The van der Waals surface area contributed by atoms with Gasteiger partial charge in [-0.15, -0.1) is 0 Å². The van der Waals surface area contributed by atoms with Crippen molar-refractivity contribution in [3.05, 3.63) is 65.2 Å². The number of fused-ring (bicyclic) bond motifs is 1. The molecule has 0 spiro atoms. The van der Waals surface area contributed by atoms with E-state index >= 15 is 0 Å². The topological polar surface area (TPSA) is 46.5 Å². The maximum Gasteiger partial charge on any atom is 0.453 e. The monoisotopic (exact) mass is 613 g/mol. The molecule has 1 N–H and O–H groups in total. The van der Waals surface area contributed by atoms with E-state index in [4.69, 9.17) is 0 Å². The average Bonchev–Trinajstić information content (AvgIpc) is 3.11.